The average Bonchev–Trinajstić information content (AvgIpc) is 2.25. The molecule has 106 valence electrons. The van der Waals surface area contributed by atoms with E-state index in [1.54, 1.807) is 6.20 Å². The van der Waals surface area contributed by atoms with Gasteiger partial charge in [-0.1, -0.05) is 0 Å². The molecule has 0 spiro atoms. The van der Waals surface area contributed by atoms with E-state index in [-0.39, 0.29) is 11.1 Å². The highest BCUT2D eigenvalue weighted by Gasteiger charge is 2.39. The molecule has 1 N–H and O–H groups in total. The smallest absolute Gasteiger partial charge is 0.147 e. The molecule has 2 heterocycles. The lowest BCUT2D eigenvalue weighted by Crippen LogP contribution is -2.62. The molecule has 19 heavy (non-hydrogen) atoms. The highest BCUT2D eigenvalue weighted by Crippen LogP contribution is 2.32. The molecule has 2 rings (SSSR count). The van der Waals surface area contributed by atoms with E-state index in [2.05, 4.69) is 70.9 Å². The first-order chi connectivity index (χ1) is 8.69. The second-order valence-electron chi connectivity index (χ2n) is 6.76. The Morgan fingerprint density at radius 3 is 2.21 bits per heavy atom. The minimum absolute atomic E-state index is 0.142. The Balaban J connectivity index is 2.18. The Hall–Kier alpha value is -0.680. The van der Waals surface area contributed by atoms with Crippen LogP contribution >= 0.6 is 15.9 Å². The standard InChI is InChI=1S/C14H23BrN4/c1-13(2)6-10(7-14(3,4)18-13)19(5)12-9-16-11(15)8-17-12/h8-10,18H,6-7H2,1-5H3. The number of aromatic nitrogens is 2. The molecule has 0 radical (unpaired) electrons. The Bertz CT molecular complexity index is 425. The van der Waals surface area contributed by atoms with Crippen LogP contribution in [-0.2, 0) is 0 Å². The molecule has 1 aromatic heterocycles. The summed E-state index contributed by atoms with van der Waals surface area (Å²) in [7, 11) is 2.11. The Kier molecular flexibility index (Phi) is 3.89. The van der Waals surface area contributed by atoms with Gasteiger partial charge in [-0.25, -0.2) is 9.97 Å². The first-order valence-corrected chi connectivity index (χ1v) is 7.48. The van der Waals surface area contributed by atoms with Crippen LogP contribution < -0.4 is 10.2 Å². The van der Waals surface area contributed by atoms with Crippen LogP contribution in [0.5, 0.6) is 0 Å². The van der Waals surface area contributed by atoms with Crippen LogP contribution in [0.2, 0.25) is 0 Å². The van der Waals surface area contributed by atoms with Crippen LogP contribution in [0, 0.1) is 0 Å². The molecule has 4 nitrogen and oxygen atoms in total. The maximum absolute atomic E-state index is 4.45. The topological polar surface area (TPSA) is 41.1 Å². The van der Waals surface area contributed by atoms with Gasteiger partial charge in [0.05, 0.1) is 12.4 Å². The molecule has 1 aromatic rings. The first kappa shape index (κ1) is 14.7. The summed E-state index contributed by atoms with van der Waals surface area (Å²) in [5, 5.41) is 3.71. The van der Waals surface area contributed by atoms with E-state index in [0.717, 1.165) is 23.3 Å². The van der Waals surface area contributed by atoms with Gasteiger partial charge >= 0.3 is 0 Å². The molecule has 1 saturated heterocycles. The summed E-state index contributed by atoms with van der Waals surface area (Å²) < 4.78 is 0.774. The summed E-state index contributed by atoms with van der Waals surface area (Å²) in [6.07, 6.45) is 5.78. The number of nitrogens with one attached hydrogen (secondary N) is 1. The number of anilines is 1. The van der Waals surface area contributed by atoms with Crippen LogP contribution in [0.3, 0.4) is 0 Å². The van der Waals surface area contributed by atoms with Crippen molar-refractivity contribution in [3.8, 4) is 0 Å². The van der Waals surface area contributed by atoms with Gasteiger partial charge in [-0.15, -0.1) is 0 Å². The van der Waals surface area contributed by atoms with Crippen molar-refractivity contribution >= 4 is 21.7 Å². The lowest BCUT2D eigenvalue weighted by molar-refractivity contribution is 0.160. The summed E-state index contributed by atoms with van der Waals surface area (Å²) in [4.78, 5) is 11.0. The van der Waals surface area contributed by atoms with Gasteiger partial charge in [0.25, 0.3) is 0 Å². The largest absolute Gasteiger partial charge is 0.355 e. The van der Waals surface area contributed by atoms with Gasteiger partial charge in [-0.2, -0.15) is 0 Å². The van der Waals surface area contributed by atoms with Crippen molar-refractivity contribution in [1.82, 2.24) is 15.3 Å². The fraction of sp³-hybridized carbons (Fsp3) is 0.714. The van der Waals surface area contributed by atoms with E-state index in [1.807, 2.05) is 6.20 Å². The van der Waals surface area contributed by atoms with Crippen LogP contribution in [-0.4, -0.2) is 34.1 Å². The van der Waals surface area contributed by atoms with Gasteiger partial charge in [0.15, 0.2) is 0 Å². The normalized spacial score (nSPS) is 22.2. The van der Waals surface area contributed by atoms with Gasteiger partial charge in [0, 0.05) is 24.2 Å². The van der Waals surface area contributed by atoms with Crippen LogP contribution in [0.15, 0.2) is 17.0 Å². The third-order valence-electron chi connectivity index (χ3n) is 3.68. The molecule has 1 aliphatic heterocycles. The number of piperidine rings is 1. The lowest BCUT2D eigenvalue weighted by atomic mass is 9.79. The third kappa shape index (κ3) is 3.66. The molecule has 0 aliphatic carbocycles. The molecule has 0 unspecified atom stereocenters. The SMILES string of the molecule is CN(c1cnc(Br)cn1)C1CC(C)(C)NC(C)(C)C1. The van der Waals surface area contributed by atoms with Gasteiger partial charge in [-0.3, -0.25) is 0 Å². The highest BCUT2D eigenvalue weighted by atomic mass is 79.9. The maximum atomic E-state index is 4.45. The zero-order valence-corrected chi connectivity index (χ0v) is 14.0. The monoisotopic (exact) mass is 326 g/mol. The van der Waals surface area contributed by atoms with Crippen molar-refractivity contribution in [2.24, 2.45) is 0 Å². The van der Waals surface area contributed by atoms with Crippen LogP contribution in [0.1, 0.15) is 40.5 Å². The molecule has 0 saturated carbocycles. The fourth-order valence-corrected chi connectivity index (χ4v) is 3.42. The number of nitrogens with zero attached hydrogens (tertiary/aromatic N) is 3. The summed E-state index contributed by atoms with van der Waals surface area (Å²) in [5.41, 5.74) is 0.285. The Morgan fingerprint density at radius 2 is 1.74 bits per heavy atom. The van der Waals surface area contributed by atoms with E-state index in [9.17, 15) is 0 Å². The summed E-state index contributed by atoms with van der Waals surface area (Å²) >= 11 is 3.32. The molecule has 1 fully saturated rings. The van der Waals surface area contributed by atoms with Crippen molar-refractivity contribution in [2.45, 2.75) is 57.7 Å². The third-order valence-corrected chi connectivity index (χ3v) is 4.09. The number of hydrogen-bond donors (Lipinski definition) is 1. The van der Waals surface area contributed by atoms with Gasteiger partial charge in [0.1, 0.15) is 10.4 Å². The number of rotatable bonds is 2. The number of hydrogen-bond acceptors (Lipinski definition) is 4. The van der Waals surface area contributed by atoms with Gasteiger partial charge < -0.3 is 10.2 Å². The zero-order valence-electron chi connectivity index (χ0n) is 12.4. The molecular formula is C14H23BrN4. The van der Waals surface area contributed by atoms with Crippen LogP contribution in [0.25, 0.3) is 0 Å². The number of halogens is 1. The quantitative estimate of drug-likeness (QED) is 0.907. The van der Waals surface area contributed by atoms with E-state index in [0.29, 0.717) is 6.04 Å². The molecular weight excluding hydrogens is 304 g/mol. The van der Waals surface area contributed by atoms with Crippen molar-refractivity contribution in [3.63, 3.8) is 0 Å². The first-order valence-electron chi connectivity index (χ1n) is 6.68. The lowest BCUT2D eigenvalue weighted by Gasteiger charge is -2.49. The summed E-state index contributed by atoms with van der Waals surface area (Å²) in [6.45, 7) is 9.06. The predicted molar refractivity (Wildman–Crippen MR) is 82.5 cm³/mol. The van der Waals surface area contributed by atoms with Crippen molar-refractivity contribution < 1.29 is 0 Å². The molecule has 0 aromatic carbocycles. The summed E-state index contributed by atoms with van der Waals surface area (Å²) in [6, 6.07) is 0.474. The fourth-order valence-electron chi connectivity index (χ4n) is 3.22. The Labute approximate surface area is 124 Å². The van der Waals surface area contributed by atoms with Gasteiger partial charge in [0.2, 0.25) is 0 Å². The van der Waals surface area contributed by atoms with Crippen molar-refractivity contribution in [3.05, 3.63) is 17.0 Å². The second-order valence-corrected chi connectivity index (χ2v) is 7.58. The Morgan fingerprint density at radius 1 is 1.16 bits per heavy atom. The molecule has 0 atom stereocenters. The van der Waals surface area contributed by atoms with E-state index < -0.39 is 0 Å². The van der Waals surface area contributed by atoms with Crippen molar-refractivity contribution in [1.29, 1.82) is 0 Å². The zero-order chi connectivity index (χ0) is 14.3. The summed E-state index contributed by atoms with van der Waals surface area (Å²) in [5.74, 6) is 0.932. The minimum Gasteiger partial charge on any atom is -0.355 e. The minimum atomic E-state index is 0.142. The molecule has 1 aliphatic rings. The molecule has 0 amide bonds. The molecule has 5 heteroatoms. The predicted octanol–water partition coefficient (Wildman–Crippen LogP) is 2.98. The van der Waals surface area contributed by atoms with Gasteiger partial charge in [-0.05, 0) is 56.5 Å². The second kappa shape index (κ2) is 5.02. The van der Waals surface area contributed by atoms with E-state index in [1.165, 1.54) is 0 Å². The average molecular weight is 327 g/mol. The van der Waals surface area contributed by atoms with E-state index in [4.69, 9.17) is 0 Å². The highest BCUT2D eigenvalue weighted by molar-refractivity contribution is 9.10. The van der Waals surface area contributed by atoms with Crippen molar-refractivity contribution in [2.75, 3.05) is 11.9 Å². The van der Waals surface area contributed by atoms with Crippen LogP contribution in [0.4, 0.5) is 5.82 Å². The maximum Gasteiger partial charge on any atom is 0.147 e. The molecule has 0 bridgehead atoms. The van der Waals surface area contributed by atoms with E-state index >= 15 is 0 Å².